The van der Waals surface area contributed by atoms with E-state index in [4.69, 9.17) is 0 Å². The minimum atomic E-state index is -0.657. The van der Waals surface area contributed by atoms with Crippen molar-refractivity contribution in [1.29, 1.82) is 0 Å². The lowest BCUT2D eigenvalue weighted by molar-refractivity contribution is -0.118. The lowest BCUT2D eigenvalue weighted by Gasteiger charge is -2.21. The first-order chi connectivity index (χ1) is 14.3. The Morgan fingerprint density at radius 3 is 2.50 bits per heavy atom. The van der Waals surface area contributed by atoms with Gasteiger partial charge in [-0.25, -0.2) is 0 Å². The van der Waals surface area contributed by atoms with E-state index < -0.39 is 6.04 Å². The average Bonchev–Trinajstić information content (AvgIpc) is 3.13. The van der Waals surface area contributed by atoms with Crippen molar-refractivity contribution in [3.05, 3.63) is 65.5 Å². The van der Waals surface area contributed by atoms with Crippen molar-refractivity contribution in [2.45, 2.75) is 40.2 Å². The van der Waals surface area contributed by atoms with Crippen LogP contribution in [0.4, 0.5) is 5.69 Å². The first kappa shape index (κ1) is 21.2. The van der Waals surface area contributed by atoms with Gasteiger partial charge in [-0.3, -0.25) is 9.59 Å². The fourth-order valence-corrected chi connectivity index (χ4v) is 3.18. The molecule has 0 saturated carbocycles. The van der Waals surface area contributed by atoms with E-state index in [1.165, 1.54) is 0 Å². The molecule has 156 valence electrons. The van der Waals surface area contributed by atoms with Crippen LogP contribution in [0, 0.1) is 19.8 Å². The van der Waals surface area contributed by atoms with Crippen LogP contribution in [0.15, 0.2) is 48.5 Å². The number of carbonyl (C=O) groups excluding carboxylic acids is 2. The van der Waals surface area contributed by atoms with Crippen molar-refractivity contribution >= 4 is 17.5 Å². The lowest BCUT2D eigenvalue weighted by atomic mass is 10.0. The molecule has 1 aromatic heterocycles. The standard InChI is InChI=1S/C22H26N6O2/c1-14(2)12-20(24-21(29)19-11-6-5-8-15(19)3)22(30)23-17-9-7-10-18(13-17)28-16(4)25-26-27-28/h5-11,13-14,20H,12H2,1-4H3,(H,23,30)(H,24,29). The number of rotatable bonds is 7. The zero-order valence-corrected chi connectivity index (χ0v) is 17.6. The van der Waals surface area contributed by atoms with Crippen molar-refractivity contribution in [1.82, 2.24) is 25.5 Å². The highest BCUT2D eigenvalue weighted by Crippen LogP contribution is 2.16. The van der Waals surface area contributed by atoms with Crippen LogP contribution in [0.25, 0.3) is 5.69 Å². The summed E-state index contributed by atoms with van der Waals surface area (Å²) in [6.07, 6.45) is 0.523. The van der Waals surface area contributed by atoms with Gasteiger partial charge >= 0.3 is 0 Å². The zero-order chi connectivity index (χ0) is 21.7. The molecule has 2 N–H and O–H groups in total. The summed E-state index contributed by atoms with van der Waals surface area (Å²) in [5, 5.41) is 17.3. The number of nitrogens with one attached hydrogen (secondary N) is 2. The van der Waals surface area contributed by atoms with Gasteiger partial charge in [0.1, 0.15) is 6.04 Å². The van der Waals surface area contributed by atoms with Gasteiger partial charge in [0.15, 0.2) is 5.82 Å². The third-order valence-electron chi connectivity index (χ3n) is 4.70. The Hall–Kier alpha value is -3.55. The quantitative estimate of drug-likeness (QED) is 0.628. The first-order valence-corrected chi connectivity index (χ1v) is 9.88. The number of aryl methyl sites for hydroxylation is 2. The fraction of sp³-hybridized carbons (Fsp3) is 0.318. The maximum absolute atomic E-state index is 13.0. The summed E-state index contributed by atoms with van der Waals surface area (Å²) in [6.45, 7) is 7.70. The molecule has 0 aliphatic rings. The van der Waals surface area contributed by atoms with Gasteiger partial charge in [-0.1, -0.05) is 38.1 Å². The van der Waals surface area contributed by atoms with Crippen LogP contribution < -0.4 is 10.6 Å². The van der Waals surface area contributed by atoms with E-state index in [0.717, 1.165) is 11.3 Å². The summed E-state index contributed by atoms with van der Waals surface area (Å²) in [5.74, 6) is 0.345. The van der Waals surface area contributed by atoms with Gasteiger partial charge in [0.2, 0.25) is 5.91 Å². The normalized spacial score (nSPS) is 11.9. The highest BCUT2D eigenvalue weighted by atomic mass is 16.2. The molecule has 3 aromatic rings. The van der Waals surface area contributed by atoms with Crippen molar-refractivity contribution in [2.75, 3.05) is 5.32 Å². The summed E-state index contributed by atoms with van der Waals surface area (Å²) >= 11 is 0. The number of tetrazole rings is 1. The summed E-state index contributed by atoms with van der Waals surface area (Å²) in [7, 11) is 0. The number of hydrogen-bond donors (Lipinski definition) is 2. The second kappa shape index (κ2) is 9.30. The predicted octanol–water partition coefficient (Wildman–Crippen LogP) is 3.06. The van der Waals surface area contributed by atoms with Gasteiger partial charge in [-0.2, -0.15) is 4.68 Å². The highest BCUT2D eigenvalue weighted by Gasteiger charge is 2.23. The molecule has 0 bridgehead atoms. The predicted molar refractivity (Wildman–Crippen MR) is 114 cm³/mol. The van der Waals surface area contributed by atoms with E-state index in [9.17, 15) is 9.59 Å². The second-order valence-electron chi connectivity index (χ2n) is 7.65. The number of aromatic nitrogens is 4. The van der Waals surface area contributed by atoms with Gasteiger partial charge in [0.25, 0.3) is 5.91 Å². The minimum Gasteiger partial charge on any atom is -0.340 e. The fourth-order valence-electron chi connectivity index (χ4n) is 3.18. The van der Waals surface area contributed by atoms with E-state index >= 15 is 0 Å². The van der Waals surface area contributed by atoms with E-state index in [-0.39, 0.29) is 17.7 Å². The largest absolute Gasteiger partial charge is 0.340 e. The summed E-state index contributed by atoms with van der Waals surface area (Å²) in [4.78, 5) is 25.7. The number of amides is 2. The van der Waals surface area contributed by atoms with Crippen molar-refractivity contribution in [3.8, 4) is 5.69 Å². The molecule has 0 fully saturated rings. The second-order valence-corrected chi connectivity index (χ2v) is 7.65. The van der Waals surface area contributed by atoms with Crippen molar-refractivity contribution in [3.63, 3.8) is 0 Å². The molecule has 8 heteroatoms. The molecule has 0 aliphatic heterocycles. The average molecular weight is 406 g/mol. The number of carbonyl (C=O) groups is 2. The Kier molecular flexibility index (Phi) is 6.56. The number of anilines is 1. The molecule has 8 nitrogen and oxygen atoms in total. The highest BCUT2D eigenvalue weighted by molar-refractivity contribution is 6.01. The zero-order valence-electron chi connectivity index (χ0n) is 17.6. The van der Waals surface area contributed by atoms with Gasteiger partial charge in [-0.15, -0.1) is 5.10 Å². The lowest BCUT2D eigenvalue weighted by Crippen LogP contribution is -2.44. The number of benzene rings is 2. The molecule has 1 heterocycles. The molecule has 0 aliphatic carbocycles. The third-order valence-corrected chi connectivity index (χ3v) is 4.70. The molecule has 1 unspecified atom stereocenters. The molecule has 1 atom stereocenters. The van der Waals surface area contributed by atoms with Crippen LogP contribution >= 0.6 is 0 Å². The topological polar surface area (TPSA) is 102 Å². The first-order valence-electron chi connectivity index (χ1n) is 9.88. The Morgan fingerprint density at radius 2 is 1.83 bits per heavy atom. The smallest absolute Gasteiger partial charge is 0.252 e. The van der Waals surface area contributed by atoms with Crippen molar-refractivity contribution in [2.24, 2.45) is 5.92 Å². The SMILES string of the molecule is Cc1ccccc1C(=O)NC(CC(C)C)C(=O)Nc1cccc(-n2nnnc2C)c1. The number of hydrogen-bond acceptors (Lipinski definition) is 5. The van der Waals surface area contributed by atoms with Crippen molar-refractivity contribution < 1.29 is 9.59 Å². The summed E-state index contributed by atoms with van der Waals surface area (Å²) in [6, 6.07) is 13.9. The molecular weight excluding hydrogens is 380 g/mol. The maximum atomic E-state index is 13.0. The van der Waals surface area contributed by atoms with Crippen LogP contribution in [-0.4, -0.2) is 38.1 Å². The van der Waals surface area contributed by atoms with Gasteiger partial charge in [-0.05, 0) is 66.4 Å². The monoisotopic (exact) mass is 406 g/mol. The van der Waals surface area contributed by atoms with Crippen LogP contribution in [0.2, 0.25) is 0 Å². The third kappa shape index (κ3) is 5.08. The van der Waals surface area contributed by atoms with Crippen LogP contribution in [0.1, 0.15) is 42.0 Å². The van der Waals surface area contributed by atoms with Crippen LogP contribution in [0.3, 0.4) is 0 Å². The molecule has 2 aromatic carbocycles. The van der Waals surface area contributed by atoms with Gasteiger partial charge in [0, 0.05) is 11.3 Å². The van der Waals surface area contributed by atoms with E-state index in [2.05, 4.69) is 26.2 Å². The molecular formula is C22H26N6O2. The molecule has 0 radical (unpaired) electrons. The molecule has 2 amide bonds. The Balaban J connectivity index is 1.77. The van der Waals surface area contributed by atoms with Gasteiger partial charge < -0.3 is 10.6 Å². The van der Waals surface area contributed by atoms with E-state index in [1.54, 1.807) is 29.8 Å². The maximum Gasteiger partial charge on any atom is 0.252 e. The molecule has 0 saturated heterocycles. The van der Waals surface area contributed by atoms with Gasteiger partial charge in [0.05, 0.1) is 5.69 Å². The van der Waals surface area contributed by atoms with Crippen LogP contribution in [-0.2, 0) is 4.79 Å². The molecule has 3 rings (SSSR count). The Bertz CT molecular complexity index is 1040. The molecule has 0 spiro atoms. The van der Waals surface area contributed by atoms with E-state index in [1.807, 2.05) is 51.1 Å². The molecule has 30 heavy (non-hydrogen) atoms. The Labute approximate surface area is 175 Å². The number of nitrogens with zero attached hydrogens (tertiary/aromatic N) is 4. The van der Waals surface area contributed by atoms with E-state index in [0.29, 0.717) is 23.5 Å². The summed E-state index contributed by atoms with van der Waals surface area (Å²) in [5.41, 5.74) is 2.77. The minimum absolute atomic E-state index is 0.230. The van der Waals surface area contributed by atoms with Crippen LogP contribution in [0.5, 0.6) is 0 Å². The summed E-state index contributed by atoms with van der Waals surface area (Å²) < 4.78 is 1.58. The Morgan fingerprint density at radius 1 is 1.07 bits per heavy atom.